The third-order valence-electron chi connectivity index (χ3n) is 13.0. The smallest absolute Gasteiger partial charge is 0.335 e. The molecule has 0 atom stereocenters. The summed E-state index contributed by atoms with van der Waals surface area (Å²) in [4.78, 5) is 96.2. The van der Waals surface area contributed by atoms with Crippen molar-refractivity contribution in [3.05, 3.63) is 226 Å². The Kier molecular flexibility index (Phi) is 13.9. The number of carboxylic acids is 8. The lowest BCUT2D eigenvalue weighted by Crippen LogP contribution is -2.03. The van der Waals surface area contributed by atoms with Crippen LogP contribution >= 0.6 is 0 Å². The van der Waals surface area contributed by atoms with Crippen molar-refractivity contribution in [1.82, 2.24) is 0 Å². The Morgan fingerprint density at radius 2 is 0.295 bits per heavy atom. The van der Waals surface area contributed by atoms with Gasteiger partial charge in [0.25, 0.3) is 0 Å². The molecule has 0 radical (unpaired) electrons. The minimum atomic E-state index is -1.32. The second-order valence-corrected chi connectivity index (χ2v) is 17.9. The molecule has 0 bridgehead atoms. The fraction of sp³-hybridized carbons (Fsp3) is 0. The molecule has 78 heavy (non-hydrogen) atoms. The summed E-state index contributed by atoms with van der Waals surface area (Å²) in [5, 5.41) is 78.4. The third kappa shape index (κ3) is 10.7. The van der Waals surface area contributed by atoms with Crippen LogP contribution in [0.3, 0.4) is 0 Å². The second kappa shape index (κ2) is 20.9. The van der Waals surface area contributed by atoms with Gasteiger partial charge < -0.3 is 40.9 Å². The SMILES string of the molecule is O=C(O)c1cc(C(=O)O)cc(-c2ccc(-c3cc(-c4ccc(-c5cc(C(=O)O)cc(C(=O)O)c5)cc4)c(-c4ccc(-c5cc(C(=O)O)cc(C(=O)O)c5)cc4)cc3-c3ccc(-c4cc(C(=O)O)cc(C(=O)O)c4)cc3)cc2)c1. The highest BCUT2D eigenvalue weighted by molar-refractivity contribution is 6.01. The normalized spacial score (nSPS) is 10.9. The summed E-state index contributed by atoms with van der Waals surface area (Å²) < 4.78 is 0. The van der Waals surface area contributed by atoms with Crippen molar-refractivity contribution >= 4 is 47.8 Å². The van der Waals surface area contributed by atoms with Crippen molar-refractivity contribution in [3.8, 4) is 89.0 Å². The van der Waals surface area contributed by atoms with E-state index < -0.39 is 47.8 Å². The largest absolute Gasteiger partial charge is 0.478 e. The summed E-state index contributed by atoms with van der Waals surface area (Å²) in [7, 11) is 0. The topological polar surface area (TPSA) is 298 Å². The number of hydrogen-bond donors (Lipinski definition) is 8. The van der Waals surface area contributed by atoms with E-state index in [2.05, 4.69) is 0 Å². The van der Waals surface area contributed by atoms with E-state index >= 15 is 0 Å². The van der Waals surface area contributed by atoms with Gasteiger partial charge in [0.1, 0.15) is 0 Å². The maximum Gasteiger partial charge on any atom is 0.335 e. The highest BCUT2D eigenvalue weighted by Gasteiger charge is 2.21. The van der Waals surface area contributed by atoms with E-state index in [-0.39, 0.29) is 44.5 Å². The number of rotatable bonds is 16. The fourth-order valence-electron chi connectivity index (χ4n) is 9.09. The molecule has 16 nitrogen and oxygen atoms in total. The summed E-state index contributed by atoms with van der Waals surface area (Å²) in [6.45, 7) is 0. The van der Waals surface area contributed by atoms with Crippen molar-refractivity contribution in [2.45, 2.75) is 0 Å². The molecule has 0 spiro atoms. The van der Waals surface area contributed by atoms with E-state index in [0.717, 1.165) is 24.3 Å². The second-order valence-electron chi connectivity index (χ2n) is 17.9. The van der Waals surface area contributed by atoms with E-state index in [0.29, 0.717) is 89.0 Å². The van der Waals surface area contributed by atoms with Gasteiger partial charge in [-0.05, 0) is 174 Å². The number of aromatic carboxylic acids is 8. The standard InChI is InChI=1S/C62H38O16/c63-55(64)43-17-39(18-44(25-43)56(65)66)31-1-9-35(10-2-31)51-29-53(37-13-5-33(6-14-37)41-21-47(59(71)72)27-48(22-41)60(73)74)54(38-15-7-34(8-16-38)42-23-49(61(75)76)28-50(24-42)62(77)78)30-52(51)36-11-3-32(4-12-36)40-19-45(57(67)68)26-46(20-40)58(69)70/h1-30H,(H,63,64)(H,65,66)(H,67,68)(H,69,70)(H,71,72)(H,73,74)(H,75,76)(H,77,78). The summed E-state index contributed by atoms with van der Waals surface area (Å²) in [5.74, 6) is -10.6. The first-order chi connectivity index (χ1) is 37.2. The van der Waals surface area contributed by atoms with Gasteiger partial charge in [0, 0.05) is 0 Å². The number of carbonyl (C=O) groups is 8. The Labute approximate surface area is 440 Å². The molecule has 0 fully saturated rings. The van der Waals surface area contributed by atoms with E-state index in [9.17, 15) is 79.2 Å². The first-order valence-electron chi connectivity index (χ1n) is 23.3. The lowest BCUT2D eigenvalue weighted by atomic mass is 9.84. The summed E-state index contributed by atoms with van der Waals surface area (Å²) in [6.07, 6.45) is 0. The Balaban J connectivity index is 1.26. The molecule has 0 saturated heterocycles. The molecule has 16 heteroatoms. The first kappa shape index (κ1) is 51.6. The van der Waals surface area contributed by atoms with Gasteiger partial charge in [-0.15, -0.1) is 0 Å². The van der Waals surface area contributed by atoms with Crippen molar-refractivity contribution in [2.75, 3.05) is 0 Å². The third-order valence-corrected chi connectivity index (χ3v) is 13.0. The lowest BCUT2D eigenvalue weighted by Gasteiger charge is -2.19. The van der Waals surface area contributed by atoms with E-state index in [1.54, 1.807) is 97.1 Å². The highest BCUT2D eigenvalue weighted by atomic mass is 16.4. The summed E-state index contributed by atoms with van der Waals surface area (Å²) in [5.41, 5.74) is 6.46. The molecule has 0 unspecified atom stereocenters. The van der Waals surface area contributed by atoms with Gasteiger partial charge in [0.2, 0.25) is 0 Å². The predicted octanol–water partition coefficient (Wildman–Crippen LogP) is 12.6. The van der Waals surface area contributed by atoms with Crippen molar-refractivity contribution < 1.29 is 79.2 Å². The van der Waals surface area contributed by atoms with Gasteiger partial charge in [-0.2, -0.15) is 0 Å². The number of hydrogen-bond acceptors (Lipinski definition) is 8. The Bertz CT molecular complexity index is 3360. The number of benzene rings is 9. The van der Waals surface area contributed by atoms with Crippen molar-refractivity contribution in [1.29, 1.82) is 0 Å². The van der Waals surface area contributed by atoms with E-state index in [4.69, 9.17) is 0 Å². The summed E-state index contributed by atoms with van der Waals surface area (Å²) in [6, 6.07) is 46.8. The maximum absolute atomic E-state index is 12.0. The molecule has 9 rings (SSSR count). The van der Waals surface area contributed by atoms with Crippen LogP contribution < -0.4 is 0 Å². The molecule has 0 heterocycles. The molecule has 0 saturated carbocycles. The van der Waals surface area contributed by atoms with Crippen LogP contribution in [0, 0.1) is 0 Å². The van der Waals surface area contributed by atoms with Crippen LogP contribution in [0.5, 0.6) is 0 Å². The molecule has 0 amide bonds. The van der Waals surface area contributed by atoms with Gasteiger partial charge in [-0.25, -0.2) is 38.4 Å². The lowest BCUT2D eigenvalue weighted by molar-refractivity contribution is 0.0676. The van der Waals surface area contributed by atoms with Crippen LogP contribution in [0.4, 0.5) is 0 Å². The fourth-order valence-corrected chi connectivity index (χ4v) is 9.09. The maximum atomic E-state index is 12.0. The monoisotopic (exact) mass is 1040 g/mol. The summed E-state index contributed by atoms with van der Waals surface area (Å²) >= 11 is 0. The molecule has 0 aromatic heterocycles. The molecule has 382 valence electrons. The van der Waals surface area contributed by atoms with Crippen LogP contribution in [0.1, 0.15) is 82.9 Å². The molecule has 0 aliphatic heterocycles. The van der Waals surface area contributed by atoms with Crippen molar-refractivity contribution in [2.24, 2.45) is 0 Å². The zero-order valence-electron chi connectivity index (χ0n) is 40.2. The molecule has 9 aromatic carbocycles. The van der Waals surface area contributed by atoms with E-state index in [1.165, 1.54) is 48.5 Å². The average Bonchev–Trinajstić information content (AvgIpc) is 3.55. The number of carboxylic acid groups (broad SMARTS) is 8. The highest BCUT2D eigenvalue weighted by Crippen LogP contribution is 2.44. The quantitative estimate of drug-likeness (QED) is 0.0446. The van der Waals surface area contributed by atoms with Crippen LogP contribution in [-0.4, -0.2) is 88.6 Å². The molecular weight excluding hydrogens is 1000 g/mol. The molecule has 9 aromatic rings. The minimum Gasteiger partial charge on any atom is -0.478 e. The van der Waals surface area contributed by atoms with Gasteiger partial charge in [-0.1, -0.05) is 97.1 Å². The first-order valence-corrected chi connectivity index (χ1v) is 23.3. The molecule has 8 N–H and O–H groups in total. The van der Waals surface area contributed by atoms with Gasteiger partial charge in [0.15, 0.2) is 0 Å². The minimum absolute atomic E-state index is 0.233. The van der Waals surface area contributed by atoms with Crippen LogP contribution in [-0.2, 0) is 0 Å². The average molecular weight is 1040 g/mol. The zero-order chi connectivity index (χ0) is 55.7. The zero-order valence-corrected chi connectivity index (χ0v) is 40.2. The molecular formula is C62H38O16. The molecule has 0 aliphatic rings. The Morgan fingerprint density at radius 1 is 0.167 bits per heavy atom. The van der Waals surface area contributed by atoms with Gasteiger partial charge in [0.05, 0.1) is 44.5 Å². The predicted molar refractivity (Wildman–Crippen MR) is 286 cm³/mol. The van der Waals surface area contributed by atoms with Crippen LogP contribution in [0.25, 0.3) is 89.0 Å². The van der Waals surface area contributed by atoms with Crippen LogP contribution in [0.15, 0.2) is 182 Å². The Hall–Kier alpha value is -11.3. The van der Waals surface area contributed by atoms with Gasteiger partial charge in [-0.3, -0.25) is 0 Å². The van der Waals surface area contributed by atoms with E-state index in [1.807, 2.05) is 12.1 Å². The van der Waals surface area contributed by atoms with Gasteiger partial charge >= 0.3 is 47.8 Å². The Morgan fingerprint density at radius 3 is 0.423 bits per heavy atom. The molecule has 0 aliphatic carbocycles. The van der Waals surface area contributed by atoms with Crippen molar-refractivity contribution in [3.63, 3.8) is 0 Å². The van der Waals surface area contributed by atoms with Crippen LogP contribution in [0.2, 0.25) is 0 Å².